The lowest BCUT2D eigenvalue weighted by Gasteiger charge is -2.28. The third-order valence-electron chi connectivity index (χ3n) is 4.40. The quantitative estimate of drug-likeness (QED) is 0.506. The maximum Gasteiger partial charge on any atom is 0.135 e. The van der Waals surface area contributed by atoms with Gasteiger partial charge in [-0.1, -0.05) is 96.5 Å². The second-order valence-corrected chi connectivity index (χ2v) is 6.42. The minimum Gasteiger partial charge on any atom is -0.302 e. The summed E-state index contributed by atoms with van der Waals surface area (Å²) in [6.45, 7) is 0. The zero-order valence-electron chi connectivity index (χ0n) is 13.8. The Balaban J connectivity index is 1.97. The molecule has 124 valence electrons. The van der Waals surface area contributed by atoms with Crippen LogP contribution in [0.2, 0.25) is 5.02 Å². The normalized spacial score (nSPS) is 11.6. The maximum absolute atomic E-state index is 12.3. The number of halogens is 1. The molecule has 0 spiro atoms. The molecule has 0 radical (unpaired) electrons. The molecule has 3 aromatic carbocycles. The van der Waals surface area contributed by atoms with Crippen molar-refractivity contribution in [1.82, 2.24) is 0 Å². The van der Waals surface area contributed by atoms with Crippen LogP contribution in [0, 0.1) is 0 Å². The van der Waals surface area contributed by atoms with Gasteiger partial charge in [0.2, 0.25) is 0 Å². The molecule has 0 amide bonds. The van der Waals surface area contributed by atoms with Crippen LogP contribution in [0.25, 0.3) is 6.08 Å². The number of benzene rings is 3. The van der Waals surface area contributed by atoms with Gasteiger partial charge in [0.25, 0.3) is 0 Å². The molecule has 0 aliphatic rings. The van der Waals surface area contributed by atoms with Gasteiger partial charge in [0.15, 0.2) is 0 Å². The Labute approximate surface area is 153 Å². The molecule has 2 heteroatoms. The number of hydrogen-bond donors (Lipinski definition) is 0. The minimum atomic E-state index is -0.689. The van der Waals surface area contributed by atoms with Crippen molar-refractivity contribution in [3.05, 3.63) is 113 Å². The van der Waals surface area contributed by atoms with E-state index in [2.05, 4.69) is 6.08 Å². The van der Waals surface area contributed by atoms with Crippen LogP contribution in [0.1, 0.15) is 23.1 Å². The molecule has 0 N–H and O–H groups in total. The first kappa shape index (κ1) is 17.2. The average molecular weight is 347 g/mol. The van der Waals surface area contributed by atoms with E-state index in [4.69, 9.17) is 11.6 Å². The summed E-state index contributed by atoms with van der Waals surface area (Å²) in [4.78, 5) is 12.3. The number of rotatable bonds is 6. The van der Waals surface area contributed by atoms with Crippen molar-refractivity contribution in [3.8, 4) is 0 Å². The Morgan fingerprint density at radius 2 is 1.28 bits per heavy atom. The molecular formula is C23H19ClO. The van der Waals surface area contributed by atoms with Crippen LogP contribution in [0.4, 0.5) is 0 Å². The van der Waals surface area contributed by atoms with Crippen molar-refractivity contribution in [2.45, 2.75) is 11.8 Å². The van der Waals surface area contributed by atoms with Gasteiger partial charge in [-0.3, -0.25) is 0 Å². The number of carbonyl (C=O) groups excluding carboxylic acids is 1. The summed E-state index contributed by atoms with van der Waals surface area (Å²) < 4.78 is 0. The van der Waals surface area contributed by atoms with Gasteiger partial charge in [-0.15, -0.1) is 0 Å². The highest BCUT2D eigenvalue weighted by atomic mass is 35.5. The van der Waals surface area contributed by atoms with E-state index in [9.17, 15) is 4.79 Å². The van der Waals surface area contributed by atoms with Crippen molar-refractivity contribution < 1.29 is 4.79 Å². The summed E-state index contributed by atoms with van der Waals surface area (Å²) in [5.74, 6) is 0. The monoisotopic (exact) mass is 346 g/mol. The highest BCUT2D eigenvalue weighted by molar-refractivity contribution is 6.30. The summed E-state index contributed by atoms with van der Waals surface area (Å²) >= 11 is 5.93. The predicted octanol–water partition coefficient (Wildman–Crippen LogP) is 5.93. The molecule has 0 aliphatic heterocycles. The fourth-order valence-corrected chi connectivity index (χ4v) is 3.14. The second kappa shape index (κ2) is 7.96. The second-order valence-electron chi connectivity index (χ2n) is 5.98. The van der Waals surface area contributed by atoms with Crippen LogP contribution < -0.4 is 0 Å². The molecule has 0 aromatic heterocycles. The Kier molecular flexibility index (Phi) is 5.47. The van der Waals surface area contributed by atoms with E-state index in [1.165, 1.54) is 0 Å². The van der Waals surface area contributed by atoms with Gasteiger partial charge in [-0.2, -0.15) is 0 Å². The van der Waals surface area contributed by atoms with Crippen molar-refractivity contribution in [2.75, 3.05) is 0 Å². The lowest BCUT2D eigenvalue weighted by Crippen LogP contribution is -2.29. The molecule has 3 rings (SSSR count). The van der Waals surface area contributed by atoms with E-state index in [0.717, 1.165) is 23.0 Å². The van der Waals surface area contributed by atoms with Crippen LogP contribution in [0.15, 0.2) is 91.0 Å². The Morgan fingerprint density at radius 3 is 1.76 bits per heavy atom. The third-order valence-corrected chi connectivity index (χ3v) is 4.65. The minimum absolute atomic E-state index is 0.590. The van der Waals surface area contributed by atoms with Gasteiger partial charge in [-0.05, 0) is 35.2 Å². The molecule has 25 heavy (non-hydrogen) atoms. The molecule has 3 aromatic rings. The third kappa shape index (κ3) is 3.89. The first-order valence-electron chi connectivity index (χ1n) is 8.24. The molecule has 0 saturated carbocycles. The number of carbonyl (C=O) groups is 1. The largest absolute Gasteiger partial charge is 0.302 e. The van der Waals surface area contributed by atoms with Crippen molar-refractivity contribution >= 4 is 24.0 Å². The van der Waals surface area contributed by atoms with Crippen LogP contribution in [0.5, 0.6) is 0 Å². The number of aldehydes is 1. The van der Waals surface area contributed by atoms with E-state index in [-0.39, 0.29) is 0 Å². The Hall–Kier alpha value is -2.64. The van der Waals surface area contributed by atoms with Gasteiger partial charge in [0, 0.05) is 5.02 Å². The van der Waals surface area contributed by atoms with Crippen LogP contribution in [0.3, 0.4) is 0 Å². The summed E-state index contributed by atoms with van der Waals surface area (Å²) in [5, 5.41) is 0.716. The highest BCUT2D eigenvalue weighted by Gasteiger charge is 2.32. The predicted molar refractivity (Wildman–Crippen MR) is 105 cm³/mol. The van der Waals surface area contributed by atoms with Crippen LogP contribution >= 0.6 is 11.6 Å². The van der Waals surface area contributed by atoms with E-state index < -0.39 is 5.41 Å². The molecule has 0 aliphatic carbocycles. The smallest absolute Gasteiger partial charge is 0.135 e. The van der Waals surface area contributed by atoms with Gasteiger partial charge in [-0.25, -0.2) is 0 Å². The van der Waals surface area contributed by atoms with E-state index in [1.54, 1.807) is 0 Å². The van der Waals surface area contributed by atoms with Crippen LogP contribution in [-0.2, 0) is 10.2 Å². The topological polar surface area (TPSA) is 17.1 Å². The van der Waals surface area contributed by atoms with E-state index >= 15 is 0 Å². The van der Waals surface area contributed by atoms with Gasteiger partial charge < -0.3 is 4.79 Å². The molecule has 1 nitrogen and oxygen atoms in total. The molecular weight excluding hydrogens is 328 g/mol. The van der Waals surface area contributed by atoms with E-state index in [1.807, 2.05) is 91.0 Å². The molecule has 0 saturated heterocycles. The van der Waals surface area contributed by atoms with Gasteiger partial charge in [0.05, 0.1) is 5.41 Å². The van der Waals surface area contributed by atoms with Crippen molar-refractivity contribution in [1.29, 1.82) is 0 Å². The Bertz CT molecular complexity index is 797. The molecule has 0 bridgehead atoms. The number of allylic oxidation sites excluding steroid dienone is 1. The zero-order valence-corrected chi connectivity index (χ0v) is 14.6. The first-order chi connectivity index (χ1) is 12.2. The van der Waals surface area contributed by atoms with E-state index in [0.29, 0.717) is 11.4 Å². The lowest BCUT2D eigenvalue weighted by atomic mass is 9.73. The summed E-state index contributed by atoms with van der Waals surface area (Å²) in [7, 11) is 0. The summed E-state index contributed by atoms with van der Waals surface area (Å²) in [6.07, 6.45) is 5.73. The lowest BCUT2D eigenvalue weighted by molar-refractivity contribution is -0.111. The summed E-state index contributed by atoms with van der Waals surface area (Å²) in [6, 6.07) is 27.5. The molecule has 0 atom stereocenters. The Morgan fingerprint density at radius 1 is 0.760 bits per heavy atom. The number of hydrogen-bond acceptors (Lipinski definition) is 1. The standard InChI is InChI=1S/C23H19ClO/c24-22-15-13-19(14-16-22)8-7-17-23(18-25,20-9-3-1-4-10-20)21-11-5-2-6-12-21/h1-16,18H,17H2/b8-7+. The van der Waals surface area contributed by atoms with Gasteiger partial charge >= 0.3 is 0 Å². The van der Waals surface area contributed by atoms with Crippen LogP contribution in [-0.4, -0.2) is 6.29 Å². The van der Waals surface area contributed by atoms with Crippen molar-refractivity contribution in [2.24, 2.45) is 0 Å². The highest BCUT2D eigenvalue weighted by Crippen LogP contribution is 2.34. The fourth-order valence-electron chi connectivity index (χ4n) is 3.01. The first-order valence-corrected chi connectivity index (χ1v) is 8.62. The molecule has 0 heterocycles. The maximum atomic E-state index is 12.3. The van der Waals surface area contributed by atoms with Crippen molar-refractivity contribution in [3.63, 3.8) is 0 Å². The van der Waals surface area contributed by atoms with Gasteiger partial charge in [0.1, 0.15) is 6.29 Å². The SMILES string of the molecule is O=CC(C/C=C/c1ccc(Cl)cc1)(c1ccccc1)c1ccccc1. The molecule has 0 fully saturated rings. The summed E-state index contributed by atoms with van der Waals surface area (Å²) in [5.41, 5.74) is 2.37. The average Bonchev–Trinajstić information content (AvgIpc) is 2.68. The fraction of sp³-hybridized carbons (Fsp3) is 0.0870. The molecule has 0 unspecified atom stereocenters. The zero-order chi connectivity index (χ0) is 17.5.